The first kappa shape index (κ1) is 16.7. The maximum atomic E-state index is 4.63. The van der Waals surface area contributed by atoms with Crippen molar-refractivity contribution in [3.8, 4) is 11.3 Å². The molecule has 3 aromatic rings. The molecule has 134 valence electrons. The van der Waals surface area contributed by atoms with Crippen LogP contribution in [0.15, 0.2) is 49.1 Å². The molecular formula is C19H23N7. The Morgan fingerprint density at radius 2 is 2.08 bits per heavy atom. The zero-order chi connectivity index (χ0) is 17.8. The van der Waals surface area contributed by atoms with Gasteiger partial charge in [-0.3, -0.25) is 9.67 Å². The molecule has 0 spiro atoms. The Balaban J connectivity index is 1.43. The SMILES string of the molecule is Cn1cc(CN[C@H]2CCCN(c3cccnn3)C2)c(-c2ccncc2)n1. The van der Waals surface area contributed by atoms with Gasteiger partial charge in [-0.15, -0.1) is 5.10 Å². The molecule has 0 amide bonds. The van der Waals surface area contributed by atoms with Crippen LogP contribution < -0.4 is 10.2 Å². The fraction of sp³-hybridized carbons (Fsp3) is 0.368. The van der Waals surface area contributed by atoms with Crippen molar-refractivity contribution in [1.82, 2.24) is 30.3 Å². The Morgan fingerprint density at radius 1 is 1.19 bits per heavy atom. The molecule has 1 saturated heterocycles. The number of aromatic nitrogens is 5. The summed E-state index contributed by atoms with van der Waals surface area (Å²) in [5, 5.41) is 16.6. The van der Waals surface area contributed by atoms with Gasteiger partial charge in [0.15, 0.2) is 5.82 Å². The Labute approximate surface area is 153 Å². The molecule has 26 heavy (non-hydrogen) atoms. The number of aryl methyl sites for hydroxylation is 1. The monoisotopic (exact) mass is 349 g/mol. The van der Waals surface area contributed by atoms with Crippen LogP contribution in [0, 0.1) is 0 Å². The number of hydrogen-bond acceptors (Lipinski definition) is 6. The van der Waals surface area contributed by atoms with E-state index in [0.717, 1.165) is 43.1 Å². The highest BCUT2D eigenvalue weighted by atomic mass is 15.3. The van der Waals surface area contributed by atoms with Gasteiger partial charge in [0.25, 0.3) is 0 Å². The van der Waals surface area contributed by atoms with Gasteiger partial charge in [0, 0.05) is 68.6 Å². The van der Waals surface area contributed by atoms with E-state index in [1.807, 2.05) is 36.0 Å². The Morgan fingerprint density at radius 3 is 2.88 bits per heavy atom. The zero-order valence-electron chi connectivity index (χ0n) is 14.9. The highest BCUT2D eigenvalue weighted by Crippen LogP contribution is 2.22. The molecular weight excluding hydrogens is 326 g/mol. The molecule has 7 heteroatoms. The zero-order valence-corrected chi connectivity index (χ0v) is 14.9. The fourth-order valence-corrected chi connectivity index (χ4v) is 3.49. The number of hydrogen-bond donors (Lipinski definition) is 1. The predicted octanol–water partition coefficient (Wildman–Crippen LogP) is 2.03. The molecule has 1 atom stereocenters. The van der Waals surface area contributed by atoms with Crippen LogP contribution in [0.25, 0.3) is 11.3 Å². The highest BCUT2D eigenvalue weighted by molar-refractivity contribution is 5.61. The lowest BCUT2D eigenvalue weighted by molar-refractivity contribution is 0.419. The molecule has 3 aromatic heterocycles. The van der Waals surface area contributed by atoms with Crippen LogP contribution in [0.4, 0.5) is 5.82 Å². The van der Waals surface area contributed by atoms with Crippen LogP contribution in [-0.2, 0) is 13.6 Å². The summed E-state index contributed by atoms with van der Waals surface area (Å²) in [5.41, 5.74) is 3.32. The quantitative estimate of drug-likeness (QED) is 0.760. The molecule has 0 unspecified atom stereocenters. The second kappa shape index (κ2) is 7.61. The lowest BCUT2D eigenvalue weighted by atomic mass is 10.0. The summed E-state index contributed by atoms with van der Waals surface area (Å²) in [6.45, 7) is 2.78. The first-order chi connectivity index (χ1) is 12.8. The molecule has 0 saturated carbocycles. The molecule has 1 aliphatic heterocycles. The van der Waals surface area contributed by atoms with Crippen molar-refractivity contribution in [3.63, 3.8) is 0 Å². The summed E-state index contributed by atoms with van der Waals surface area (Å²) in [7, 11) is 1.96. The fourth-order valence-electron chi connectivity index (χ4n) is 3.49. The second-order valence-electron chi connectivity index (χ2n) is 6.66. The summed E-state index contributed by atoms with van der Waals surface area (Å²) in [4.78, 5) is 6.40. The molecule has 4 rings (SSSR count). The van der Waals surface area contributed by atoms with Gasteiger partial charge in [-0.05, 0) is 37.1 Å². The lowest BCUT2D eigenvalue weighted by Crippen LogP contribution is -2.45. The van der Waals surface area contributed by atoms with Crippen molar-refractivity contribution in [3.05, 3.63) is 54.6 Å². The topological polar surface area (TPSA) is 71.8 Å². The van der Waals surface area contributed by atoms with E-state index >= 15 is 0 Å². The third kappa shape index (κ3) is 3.72. The average molecular weight is 349 g/mol. The summed E-state index contributed by atoms with van der Waals surface area (Å²) in [6.07, 6.45) is 9.74. The molecule has 0 radical (unpaired) electrons. The number of piperidine rings is 1. The number of rotatable bonds is 5. The van der Waals surface area contributed by atoms with Crippen molar-refractivity contribution in [2.24, 2.45) is 7.05 Å². The number of pyridine rings is 1. The van der Waals surface area contributed by atoms with Gasteiger partial charge in [0.2, 0.25) is 0 Å². The van der Waals surface area contributed by atoms with Crippen molar-refractivity contribution in [2.75, 3.05) is 18.0 Å². The molecule has 1 aliphatic rings. The minimum Gasteiger partial charge on any atom is -0.354 e. The molecule has 0 aromatic carbocycles. The number of nitrogens with zero attached hydrogens (tertiary/aromatic N) is 6. The molecule has 0 bridgehead atoms. The van der Waals surface area contributed by atoms with Crippen molar-refractivity contribution < 1.29 is 0 Å². The van der Waals surface area contributed by atoms with E-state index in [4.69, 9.17) is 0 Å². The van der Waals surface area contributed by atoms with Crippen molar-refractivity contribution in [1.29, 1.82) is 0 Å². The maximum absolute atomic E-state index is 4.63. The highest BCUT2D eigenvalue weighted by Gasteiger charge is 2.21. The molecule has 4 heterocycles. The summed E-state index contributed by atoms with van der Waals surface area (Å²) < 4.78 is 1.87. The van der Waals surface area contributed by atoms with Crippen LogP contribution in [0.1, 0.15) is 18.4 Å². The van der Waals surface area contributed by atoms with Gasteiger partial charge in [-0.2, -0.15) is 10.2 Å². The van der Waals surface area contributed by atoms with Gasteiger partial charge in [-0.1, -0.05) is 0 Å². The number of anilines is 1. The van der Waals surface area contributed by atoms with Crippen LogP contribution in [0.2, 0.25) is 0 Å². The third-order valence-corrected chi connectivity index (χ3v) is 4.74. The molecule has 1 fully saturated rings. The summed E-state index contributed by atoms with van der Waals surface area (Å²) in [6, 6.07) is 8.40. The van der Waals surface area contributed by atoms with Gasteiger partial charge in [0.05, 0.1) is 5.69 Å². The van der Waals surface area contributed by atoms with Crippen LogP contribution >= 0.6 is 0 Å². The summed E-state index contributed by atoms with van der Waals surface area (Å²) in [5.74, 6) is 0.956. The van der Waals surface area contributed by atoms with Gasteiger partial charge in [0.1, 0.15) is 0 Å². The molecule has 0 aliphatic carbocycles. The van der Waals surface area contributed by atoms with E-state index in [0.29, 0.717) is 6.04 Å². The van der Waals surface area contributed by atoms with Crippen molar-refractivity contribution >= 4 is 5.82 Å². The first-order valence-corrected chi connectivity index (χ1v) is 8.98. The standard InChI is InChI=1S/C19H23N7/c1-25-13-16(19(24-25)15-6-9-20-10-7-15)12-21-17-4-3-11-26(14-17)18-5-2-8-22-23-18/h2,5-10,13,17,21H,3-4,11-12,14H2,1H3/t17-/m0/s1. The first-order valence-electron chi connectivity index (χ1n) is 8.98. The molecule has 7 nitrogen and oxygen atoms in total. The second-order valence-corrected chi connectivity index (χ2v) is 6.66. The van der Waals surface area contributed by atoms with E-state index in [9.17, 15) is 0 Å². The minimum atomic E-state index is 0.427. The van der Waals surface area contributed by atoms with Crippen LogP contribution in [0.5, 0.6) is 0 Å². The lowest BCUT2D eigenvalue weighted by Gasteiger charge is -2.33. The van der Waals surface area contributed by atoms with Crippen molar-refractivity contribution in [2.45, 2.75) is 25.4 Å². The number of nitrogens with one attached hydrogen (secondary N) is 1. The van der Waals surface area contributed by atoms with E-state index in [1.165, 1.54) is 12.0 Å². The normalized spacial score (nSPS) is 17.4. The maximum Gasteiger partial charge on any atom is 0.151 e. The Bertz CT molecular complexity index is 832. The van der Waals surface area contributed by atoms with Crippen LogP contribution in [0.3, 0.4) is 0 Å². The molecule has 1 N–H and O–H groups in total. The predicted molar refractivity (Wildman–Crippen MR) is 101 cm³/mol. The van der Waals surface area contributed by atoms with Gasteiger partial charge in [-0.25, -0.2) is 0 Å². The smallest absolute Gasteiger partial charge is 0.151 e. The minimum absolute atomic E-state index is 0.427. The van der Waals surface area contributed by atoms with Crippen LogP contribution in [-0.4, -0.2) is 44.1 Å². The third-order valence-electron chi connectivity index (χ3n) is 4.74. The van der Waals surface area contributed by atoms with E-state index in [2.05, 4.69) is 36.7 Å². The van der Waals surface area contributed by atoms with E-state index in [-0.39, 0.29) is 0 Å². The Hall–Kier alpha value is -2.80. The van der Waals surface area contributed by atoms with Gasteiger partial charge >= 0.3 is 0 Å². The average Bonchev–Trinajstić information content (AvgIpc) is 3.09. The Kier molecular flexibility index (Phi) is 4.88. The van der Waals surface area contributed by atoms with E-state index in [1.54, 1.807) is 18.6 Å². The largest absolute Gasteiger partial charge is 0.354 e. The van der Waals surface area contributed by atoms with E-state index < -0.39 is 0 Å². The van der Waals surface area contributed by atoms with Gasteiger partial charge < -0.3 is 10.2 Å². The summed E-state index contributed by atoms with van der Waals surface area (Å²) >= 11 is 0.